The zero-order valence-electron chi connectivity index (χ0n) is 83.2. The van der Waals surface area contributed by atoms with E-state index in [1.165, 1.54) is 193 Å². The molecule has 0 atom stereocenters. The van der Waals surface area contributed by atoms with E-state index in [4.69, 9.17) is 0 Å². The lowest BCUT2D eigenvalue weighted by Gasteiger charge is -2.21. The molecule has 0 unspecified atom stereocenters. The molecule has 0 bridgehead atoms. The van der Waals surface area contributed by atoms with E-state index in [0.717, 1.165) is 45.5 Å². The van der Waals surface area contributed by atoms with E-state index in [9.17, 15) is 0 Å². The zero-order valence-corrected chi connectivity index (χ0v) is 83.2. The Balaban J connectivity index is 0.000000103. The Bertz CT molecular complexity index is 9440. The lowest BCUT2D eigenvalue weighted by molar-refractivity contribution is 1.15. The Labute approximate surface area is 866 Å². The number of aromatic nitrogens is 5. The number of hydrogen-bond acceptors (Lipinski definition) is 4. The van der Waals surface area contributed by atoms with Crippen LogP contribution in [0.2, 0.25) is 0 Å². The molecular weight excluding hydrogens is 1810 g/mol. The van der Waals surface area contributed by atoms with Gasteiger partial charge in [0.15, 0.2) is 0 Å². The van der Waals surface area contributed by atoms with Crippen molar-refractivity contribution in [1.29, 1.82) is 0 Å². The second kappa shape index (κ2) is 39.7. The van der Waals surface area contributed by atoms with E-state index in [2.05, 4.69) is 629 Å². The van der Waals surface area contributed by atoms with Crippen LogP contribution in [-0.2, 0) is 0 Å². The Morgan fingerprint density at radius 3 is 0.678 bits per heavy atom. The van der Waals surface area contributed by atoms with Crippen LogP contribution in [-0.4, -0.2) is 51.0 Å². The molecule has 9 nitrogen and oxygen atoms in total. The molecule has 0 amide bonds. The van der Waals surface area contributed by atoms with Gasteiger partial charge in [0.1, 0.15) is 0 Å². The molecule has 0 fully saturated rings. The monoisotopic (exact) mass is 1910 g/mol. The number of nitrogens with zero attached hydrogens (tertiary/aromatic N) is 9. The van der Waals surface area contributed by atoms with Gasteiger partial charge in [-0.3, -0.25) is 0 Å². The van der Waals surface area contributed by atoms with Crippen molar-refractivity contribution in [2.75, 3.05) is 47.8 Å². The van der Waals surface area contributed by atoms with Gasteiger partial charge in [0, 0.05) is 161 Å². The van der Waals surface area contributed by atoms with Crippen molar-refractivity contribution in [2.24, 2.45) is 0 Å². The molecule has 0 N–H and O–H groups in total. The van der Waals surface area contributed by atoms with Gasteiger partial charge in [0.2, 0.25) is 0 Å². The third kappa shape index (κ3) is 17.2. The maximum Gasteiger partial charge on any atom is 0.0619 e. The summed E-state index contributed by atoms with van der Waals surface area (Å²) in [6.07, 6.45) is 0. The third-order valence-corrected chi connectivity index (χ3v) is 29.6. The van der Waals surface area contributed by atoms with Gasteiger partial charge in [0.25, 0.3) is 0 Å². The van der Waals surface area contributed by atoms with Crippen molar-refractivity contribution in [3.05, 3.63) is 564 Å². The molecule has 28 aromatic rings. The Hall–Kier alpha value is -19.5. The number of rotatable bonds is 17. The summed E-state index contributed by atoms with van der Waals surface area (Å²) in [6, 6.07) is 202. The Kier molecular flexibility index (Phi) is 24.2. The molecule has 0 saturated carbocycles. The first-order valence-corrected chi connectivity index (χ1v) is 51.0. The van der Waals surface area contributed by atoms with Gasteiger partial charge in [-0.2, -0.15) is 0 Å². The highest BCUT2D eigenvalue weighted by Crippen LogP contribution is 2.45. The molecule has 5 aromatic heterocycles. The molecule has 5 heterocycles. The average molecular weight is 1910 g/mol. The molecule has 0 spiro atoms. The molecule has 0 aliphatic carbocycles. The summed E-state index contributed by atoms with van der Waals surface area (Å²) in [4.78, 5) is 8.94. The topological polar surface area (TPSA) is 37.6 Å². The van der Waals surface area contributed by atoms with Gasteiger partial charge in [-0.15, -0.1) is 0 Å². The minimum atomic E-state index is 1.15. The smallest absolute Gasteiger partial charge is 0.0619 e. The highest BCUT2D eigenvalue weighted by atomic mass is 15.1. The van der Waals surface area contributed by atoms with Crippen LogP contribution in [0.4, 0.5) is 45.5 Å². The van der Waals surface area contributed by atoms with Crippen LogP contribution >= 0.6 is 0 Å². The van der Waals surface area contributed by atoms with E-state index in [-0.39, 0.29) is 0 Å². The molecular formula is C140H105N9. The number of hydrogen-bond donors (Lipinski definition) is 0. The van der Waals surface area contributed by atoms with Gasteiger partial charge in [-0.25, -0.2) is 0 Å². The predicted octanol–water partition coefficient (Wildman–Crippen LogP) is 37.1. The van der Waals surface area contributed by atoms with Gasteiger partial charge >= 0.3 is 0 Å². The summed E-state index contributed by atoms with van der Waals surface area (Å²) in [5, 5.41) is 15.3. The first-order chi connectivity index (χ1) is 73.6. The molecule has 9 heteroatoms. The molecule has 149 heavy (non-hydrogen) atoms. The first-order valence-electron chi connectivity index (χ1n) is 51.0. The molecule has 0 saturated heterocycles. The summed E-state index contributed by atoms with van der Waals surface area (Å²) >= 11 is 0. The van der Waals surface area contributed by atoms with Crippen LogP contribution in [0, 0.1) is 0 Å². The Morgan fingerprint density at radius 1 is 0.121 bits per heavy atom. The van der Waals surface area contributed by atoms with Gasteiger partial charge in [-0.1, -0.05) is 346 Å². The lowest BCUT2D eigenvalue weighted by atomic mass is 10.0. The minimum absolute atomic E-state index is 1.15. The van der Waals surface area contributed by atoms with E-state index >= 15 is 0 Å². The van der Waals surface area contributed by atoms with E-state index in [0.29, 0.717) is 0 Å². The van der Waals surface area contributed by atoms with Gasteiger partial charge in [-0.05, 0) is 268 Å². The van der Waals surface area contributed by atoms with Crippen molar-refractivity contribution in [3.63, 3.8) is 0 Å². The van der Waals surface area contributed by atoms with Crippen molar-refractivity contribution in [1.82, 2.24) is 22.8 Å². The SMILES string of the molecule is CN(c1ccc(-c2ccccc2)cc1)c1ccc(-c2ccc3c(c2)c2ccccc2n3-c2ccccc2)cc1.CN(c1ccc(-c2ccccc2)cc1)c1ccc2c3ccc4ccccc4c3n(-c3ccccc3)c2c1.CN(c1ccc(-n2c3ccccc3c3ccccc32)cc1)c1ccc(-n2c3ccccc3c3ccccc32)cc1.CN(c1ccccc1)c1ccc(-c2ccc3c(c2)c2ccccc2n3-c2ccccc2)cc1. The maximum atomic E-state index is 2.42. The average Bonchev–Trinajstić information content (AvgIpc) is 1.19. The van der Waals surface area contributed by atoms with Crippen molar-refractivity contribution >= 4 is 165 Å². The number of para-hydroxylation sites is 10. The van der Waals surface area contributed by atoms with Crippen molar-refractivity contribution in [3.8, 4) is 72.9 Å². The van der Waals surface area contributed by atoms with Gasteiger partial charge in [0.05, 0.1) is 55.2 Å². The highest BCUT2D eigenvalue weighted by Gasteiger charge is 2.23. The fourth-order valence-corrected chi connectivity index (χ4v) is 21.9. The lowest BCUT2D eigenvalue weighted by Crippen LogP contribution is -2.09. The summed E-state index contributed by atoms with van der Waals surface area (Å²) in [7, 11) is 8.50. The van der Waals surface area contributed by atoms with E-state index in [1.54, 1.807) is 0 Å². The third-order valence-electron chi connectivity index (χ3n) is 29.6. The first kappa shape index (κ1) is 90.8. The quantitative estimate of drug-likeness (QED) is 0.0911. The zero-order chi connectivity index (χ0) is 99.8. The molecule has 23 aromatic carbocycles. The normalized spacial score (nSPS) is 11.4. The van der Waals surface area contributed by atoms with Crippen LogP contribution < -0.4 is 19.6 Å². The largest absolute Gasteiger partial charge is 0.345 e. The van der Waals surface area contributed by atoms with Crippen LogP contribution in [0.1, 0.15) is 0 Å². The molecule has 0 aliphatic heterocycles. The Morgan fingerprint density at radius 2 is 0.336 bits per heavy atom. The second-order valence-electron chi connectivity index (χ2n) is 38.2. The highest BCUT2D eigenvalue weighted by molar-refractivity contribution is 6.20. The van der Waals surface area contributed by atoms with Crippen LogP contribution in [0.5, 0.6) is 0 Å². The van der Waals surface area contributed by atoms with E-state index < -0.39 is 0 Å². The standard InChI is InChI=1S/C37H27N3.C37H28N2.C35H26N2.C31H24N2/c1-38(26-18-22-28(23-19-26)39-34-14-6-2-10-30(34)31-11-3-7-15-35(31)39)27-20-24-29(25-21-27)40-36-16-8-4-12-32(36)33-13-5-9-17-37(33)40;1-38(31-21-16-28(17-22-31)27-10-4-2-5-11-27)32-23-18-29(19-24-32)30-20-25-37-35(26-30)34-14-8-9-15-36(34)39(37)33-12-6-3-7-13-33;1-36(28-19-16-26(17-20-28)25-10-4-2-5-11-25)30-21-23-32-33-22-18-27-12-8-9-15-31(27)35(33)37(34(32)24-30)29-13-6-3-7-14-29;1-32(25-10-4-2-5-11-25)26-19-16-23(17-20-26)24-18-21-31-29(22-24)28-14-8-9-15-30(28)33(31)27-12-6-3-7-13-27/h2-25H,1H3;2-26H,1H3;2-24H,1H3;2-22H,1H3. The minimum Gasteiger partial charge on any atom is -0.345 e. The van der Waals surface area contributed by atoms with E-state index in [1.807, 2.05) is 6.07 Å². The second-order valence-corrected chi connectivity index (χ2v) is 38.2. The molecule has 28 rings (SSSR count). The number of fused-ring (bicyclic) bond motifs is 17. The fraction of sp³-hybridized carbons (Fsp3) is 0.0286. The summed E-state index contributed by atoms with van der Waals surface area (Å²) in [6.45, 7) is 0. The molecule has 710 valence electrons. The molecule has 0 aliphatic rings. The fourth-order valence-electron chi connectivity index (χ4n) is 21.9. The predicted molar refractivity (Wildman–Crippen MR) is 635 cm³/mol. The van der Waals surface area contributed by atoms with Gasteiger partial charge < -0.3 is 42.4 Å². The van der Waals surface area contributed by atoms with Crippen LogP contribution in [0.3, 0.4) is 0 Å². The molecule has 0 radical (unpaired) electrons. The summed E-state index contributed by atoms with van der Waals surface area (Å²) in [5.74, 6) is 0. The summed E-state index contributed by atoms with van der Waals surface area (Å²) < 4.78 is 11.8. The maximum absolute atomic E-state index is 2.42. The van der Waals surface area contributed by atoms with Crippen LogP contribution in [0.15, 0.2) is 564 Å². The van der Waals surface area contributed by atoms with Crippen LogP contribution in [0.25, 0.3) is 193 Å². The summed E-state index contributed by atoms with van der Waals surface area (Å²) in [5.41, 5.74) is 37.3. The van der Waals surface area contributed by atoms with Crippen molar-refractivity contribution in [2.45, 2.75) is 0 Å². The number of anilines is 8. The van der Waals surface area contributed by atoms with Crippen molar-refractivity contribution < 1.29 is 0 Å². The number of benzene rings is 23.